The fourth-order valence-corrected chi connectivity index (χ4v) is 7.16. The Morgan fingerprint density at radius 2 is 1.27 bits per heavy atom. The molecule has 2 unspecified atom stereocenters. The Hall–Kier alpha value is -4.36. The molecule has 0 bridgehead atoms. The molecule has 1 N–H and O–H groups in total. The second kappa shape index (κ2) is 9.68. The van der Waals surface area contributed by atoms with E-state index in [0.717, 1.165) is 6.42 Å². The zero-order valence-corrected chi connectivity index (χ0v) is 23.8. The van der Waals surface area contributed by atoms with Crippen LogP contribution in [0.1, 0.15) is 51.2 Å². The van der Waals surface area contributed by atoms with Crippen LogP contribution in [0.3, 0.4) is 0 Å². The predicted octanol–water partition coefficient (Wildman–Crippen LogP) is 9.51. The smallest absolute Gasteiger partial charge is 0.0503 e. The maximum Gasteiger partial charge on any atom is 0.0503 e. The molecule has 0 fully saturated rings. The molecule has 7 rings (SSSR count). The van der Waals surface area contributed by atoms with Crippen molar-refractivity contribution in [2.24, 2.45) is 5.92 Å². The number of aromatic nitrogens is 1. The first-order chi connectivity index (χ1) is 19.7. The van der Waals surface area contributed by atoms with Crippen molar-refractivity contribution in [1.29, 1.82) is 0 Å². The van der Waals surface area contributed by atoms with Crippen molar-refractivity contribution in [1.82, 2.24) is 4.98 Å². The van der Waals surface area contributed by atoms with E-state index >= 15 is 0 Å². The van der Waals surface area contributed by atoms with Gasteiger partial charge in [0.25, 0.3) is 0 Å². The molecule has 0 amide bonds. The molecule has 1 nitrogen and oxygen atoms in total. The Labute approximate surface area is 235 Å². The Morgan fingerprint density at radius 3 is 1.93 bits per heavy atom. The fourth-order valence-electron chi connectivity index (χ4n) is 7.16. The van der Waals surface area contributed by atoms with Crippen molar-refractivity contribution in [3.05, 3.63) is 119 Å². The molecule has 1 heteroatoms. The summed E-state index contributed by atoms with van der Waals surface area (Å²) in [5.41, 5.74) is 5.31. The lowest BCUT2D eigenvalue weighted by Crippen LogP contribution is -2.27. The maximum atomic E-state index is 3.83. The number of benzene rings is 6. The van der Waals surface area contributed by atoms with Gasteiger partial charge in [0, 0.05) is 11.3 Å². The zero-order valence-electron chi connectivity index (χ0n) is 23.8. The number of hydrogen-bond acceptors (Lipinski definition) is 0. The van der Waals surface area contributed by atoms with E-state index in [1.807, 2.05) is 0 Å². The Morgan fingerprint density at radius 1 is 0.650 bits per heavy atom. The summed E-state index contributed by atoms with van der Waals surface area (Å²) in [5.74, 6) is 0.701. The predicted molar refractivity (Wildman–Crippen MR) is 175 cm³/mol. The summed E-state index contributed by atoms with van der Waals surface area (Å²) in [7, 11) is 0. The molecule has 196 valence electrons. The van der Waals surface area contributed by atoms with E-state index < -0.39 is 0 Å². The van der Waals surface area contributed by atoms with Crippen LogP contribution in [0.4, 0.5) is 0 Å². The normalized spacial score (nSPS) is 14.7. The first-order valence-corrected chi connectivity index (χ1v) is 14.6. The Balaban J connectivity index is 1.62. The highest BCUT2D eigenvalue weighted by atomic mass is 14.7. The molecule has 0 saturated carbocycles. The summed E-state index contributed by atoms with van der Waals surface area (Å²) >= 11 is 0. The van der Waals surface area contributed by atoms with Crippen LogP contribution in [-0.4, -0.2) is 4.98 Å². The van der Waals surface area contributed by atoms with Gasteiger partial charge in [0.15, 0.2) is 0 Å². The molecule has 0 saturated heterocycles. The topological polar surface area (TPSA) is 15.8 Å². The molecule has 6 aromatic carbocycles. The van der Waals surface area contributed by atoms with Gasteiger partial charge in [0.1, 0.15) is 0 Å². The first-order valence-electron chi connectivity index (χ1n) is 14.6. The van der Waals surface area contributed by atoms with Crippen molar-refractivity contribution in [2.45, 2.75) is 40.0 Å². The highest BCUT2D eigenvalue weighted by Crippen LogP contribution is 2.45. The van der Waals surface area contributed by atoms with E-state index in [1.165, 1.54) is 76.0 Å². The van der Waals surface area contributed by atoms with E-state index in [4.69, 9.17) is 0 Å². The van der Waals surface area contributed by atoms with Gasteiger partial charge in [-0.25, -0.2) is 0 Å². The third kappa shape index (κ3) is 3.54. The van der Waals surface area contributed by atoms with Gasteiger partial charge in [-0.3, -0.25) is 0 Å². The Bertz CT molecular complexity index is 2080. The van der Waals surface area contributed by atoms with E-state index in [-0.39, 0.29) is 5.92 Å². The fraction of sp³-hybridized carbons (Fsp3) is 0.179. The van der Waals surface area contributed by atoms with Crippen molar-refractivity contribution in [3.8, 4) is 11.3 Å². The number of nitrogens with one attached hydrogen (secondary N) is 1. The van der Waals surface area contributed by atoms with Gasteiger partial charge < -0.3 is 4.98 Å². The van der Waals surface area contributed by atoms with Gasteiger partial charge in [0.2, 0.25) is 0 Å². The summed E-state index contributed by atoms with van der Waals surface area (Å²) < 4.78 is 0. The van der Waals surface area contributed by atoms with E-state index in [0.29, 0.717) is 5.92 Å². The molecule has 2 atom stereocenters. The molecule has 0 radical (unpaired) electrons. The minimum atomic E-state index is 0.244. The lowest BCUT2D eigenvalue weighted by atomic mass is 9.76. The molecule has 40 heavy (non-hydrogen) atoms. The number of H-pyrrole nitrogens is 1. The number of aromatic amines is 1. The quantitative estimate of drug-likeness (QED) is 0.173. The van der Waals surface area contributed by atoms with Crippen LogP contribution in [0.15, 0.2) is 97.1 Å². The highest BCUT2D eigenvalue weighted by Gasteiger charge is 2.28. The lowest BCUT2D eigenvalue weighted by Gasteiger charge is -2.27. The van der Waals surface area contributed by atoms with Gasteiger partial charge in [-0.15, -0.1) is 0 Å². The average molecular weight is 518 g/mol. The van der Waals surface area contributed by atoms with Gasteiger partial charge in [-0.1, -0.05) is 129 Å². The van der Waals surface area contributed by atoms with E-state index in [1.54, 1.807) is 0 Å². The minimum absolute atomic E-state index is 0.244. The number of rotatable bonds is 5. The third-order valence-corrected chi connectivity index (χ3v) is 9.17. The van der Waals surface area contributed by atoms with E-state index in [9.17, 15) is 0 Å². The van der Waals surface area contributed by atoms with Crippen LogP contribution in [0, 0.1) is 5.92 Å². The number of fused-ring (bicyclic) bond motifs is 2. The van der Waals surface area contributed by atoms with Crippen molar-refractivity contribution in [3.63, 3.8) is 0 Å². The van der Waals surface area contributed by atoms with Crippen LogP contribution in [-0.2, 0) is 0 Å². The van der Waals surface area contributed by atoms with Gasteiger partial charge >= 0.3 is 0 Å². The summed E-state index contributed by atoms with van der Waals surface area (Å²) in [6.45, 7) is 9.07. The number of hydrogen-bond donors (Lipinski definition) is 1. The van der Waals surface area contributed by atoms with E-state index in [2.05, 4.69) is 142 Å². The molecule has 1 heterocycles. The average Bonchev–Trinajstić information content (AvgIpc) is 3.38. The minimum Gasteiger partial charge on any atom is -0.355 e. The molecular formula is C39H35N. The third-order valence-electron chi connectivity index (χ3n) is 9.17. The highest BCUT2D eigenvalue weighted by molar-refractivity contribution is 6.33. The van der Waals surface area contributed by atoms with Gasteiger partial charge in [-0.2, -0.15) is 0 Å². The SMILES string of the molecule is C/C=c1/c(C(c2ccc3c4cccc5cccc(c6cccc2c63)c54)C(C)CC)c(-c2ccccc2)[nH]/c1=C/C. The summed E-state index contributed by atoms with van der Waals surface area (Å²) in [5, 5.41) is 13.4. The van der Waals surface area contributed by atoms with Crippen LogP contribution in [0.25, 0.3) is 66.5 Å². The van der Waals surface area contributed by atoms with Crippen LogP contribution in [0.2, 0.25) is 0 Å². The molecule has 0 spiro atoms. The summed E-state index contributed by atoms with van der Waals surface area (Å²) in [4.78, 5) is 3.83. The first kappa shape index (κ1) is 24.7. The summed E-state index contributed by atoms with van der Waals surface area (Å²) in [6, 6.07) is 36.1. The second-order valence-corrected chi connectivity index (χ2v) is 11.2. The molecule has 0 aliphatic rings. The van der Waals surface area contributed by atoms with Crippen LogP contribution < -0.4 is 10.6 Å². The Kier molecular flexibility index (Phi) is 5.97. The zero-order chi connectivity index (χ0) is 27.4. The molecular weight excluding hydrogens is 482 g/mol. The van der Waals surface area contributed by atoms with Crippen LogP contribution >= 0.6 is 0 Å². The molecule has 0 aliphatic heterocycles. The van der Waals surface area contributed by atoms with Gasteiger partial charge in [-0.05, 0) is 84.8 Å². The monoisotopic (exact) mass is 517 g/mol. The summed E-state index contributed by atoms with van der Waals surface area (Å²) in [6.07, 6.45) is 5.61. The van der Waals surface area contributed by atoms with Crippen LogP contribution in [0.5, 0.6) is 0 Å². The molecule has 0 aliphatic carbocycles. The van der Waals surface area contributed by atoms with Crippen molar-refractivity contribution < 1.29 is 0 Å². The maximum absolute atomic E-state index is 3.83. The van der Waals surface area contributed by atoms with Gasteiger partial charge in [0.05, 0.1) is 5.69 Å². The largest absolute Gasteiger partial charge is 0.355 e. The molecule has 1 aromatic heterocycles. The second-order valence-electron chi connectivity index (χ2n) is 11.2. The standard InChI is InChI=1S/C39H35N/c1-5-24(4)35(38-27(6-2)34(7-3)40-39(38)26-14-9-8-10-15-26)32-22-23-33-29-19-12-17-25-16-11-18-28(36(25)29)30-20-13-21-31(32)37(30)33/h6-24,35,40H,5H2,1-4H3/b27-6+,34-7+. The lowest BCUT2D eigenvalue weighted by molar-refractivity contribution is 0.498. The van der Waals surface area contributed by atoms with Crippen molar-refractivity contribution in [2.75, 3.05) is 0 Å². The molecule has 7 aromatic rings. The van der Waals surface area contributed by atoms with Crippen molar-refractivity contribution >= 4 is 55.2 Å².